The number of aromatic amines is 1. The highest BCUT2D eigenvalue weighted by Gasteiger charge is 2.28. The van der Waals surface area contributed by atoms with Gasteiger partial charge in [0.15, 0.2) is 0 Å². The number of nitrogens with one attached hydrogen (secondary N) is 3. The smallest absolute Gasteiger partial charge is 0.243 e. The summed E-state index contributed by atoms with van der Waals surface area (Å²) in [7, 11) is 0. The summed E-state index contributed by atoms with van der Waals surface area (Å²) in [4.78, 5) is 25.9. The summed E-state index contributed by atoms with van der Waals surface area (Å²) in [6.45, 7) is 1.30. The molecule has 1 atom stereocenters. The van der Waals surface area contributed by atoms with E-state index in [4.69, 9.17) is 0 Å². The van der Waals surface area contributed by atoms with Crippen LogP contribution in [0.3, 0.4) is 0 Å². The lowest BCUT2D eigenvalue weighted by Gasteiger charge is -2.21. The van der Waals surface area contributed by atoms with Crippen molar-refractivity contribution in [1.29, 1.82) is 0 Å². The molecule has 2 aliphatic rings. The lowest BCUT2D eigenvalue weighted by molar-refractivity contribution is -0.123. The molecule has 3 heterocycles. The Labute approximate surface area is 132 Å². The first kappa shape index (κ1) is 13.9. The van der Waals surface area contributed by atoms with Gasteiger partial charge in [0.25, 0.3) is 0 Å². The fourth-order valence-corrected chi connectivity index (χ4v) is 4.28. The maximum absolute atomic E-state index is 12.4. The Hall–Kier alpha value is -1.73. The minimum absolute atomic E-state index is 0.0266. The summed E-state index contributed by atoms with van der Waals surface area (Å²) in [6, 6.07) is -0.357. The van der Waals surface area contributed by atoms with E-state index in [0.29, 0.717) is 6.54 Å². The van der Waals surface area contributed by atoms with Gasteiger partial charge in [-0.05, 0) is 25.7 Å². The summed E-state index contributed by atoms with van der Waals surface area (Å²) in [5.74, 6) is -0.0266. The number of imidazole rings is 1. The predicted molar refractivity (Wildman–Crippen MR) is 83.6 cm³/mol. The number of rotatable bonds is 3. The number of hydrogen-bond acceptors (Lipinski definition) is 5. The molecule has 0 fully saturated rings. The third-order valence-electron chi connectivity index (χ3n) is 4.31. The largest absolute Gasteiger partial charge is 0.348 e. The molecule has 0 aromatic carbocycles. The highest BCUT2D eigenvalue weighted by molar-refractivity contribution is 7.11. The van der Waals surface area contributed by atoms with Crippen LogP contribution < -0.4 is 10.6 Å². The van der Waals surface area contributed by atoms with Crippen LogP contribution in [0.4, 0.5) is 0 Å². The predicted octanol–water partition coefficient (Wildman–Crippen LogP) is 1.25. The number of H-pyrrole nitrogens is 1. The van der Waals surface area contributed by atoms with Crippen LogP contribution in [0.1, 0.15) is 45.9 Å². The zero-order valence-corrected chi connectivity index (χ0v) is 13.1. The summed E-state index contributed by atoms with van der Waals surface area (Å²) >= 11 is 1.74. The Morgan fingerprint density at radius 1 is 1.36 bits per heavy atom. The first-order valence-electron chi connectivity index (χ1n) is 7.82. The van der Waals surface area contributed by atoms with E-state index in [-0.39, 0.29) is 11.9 Å². The molecule has 2 aromatic rings. The topological polar surface area (TPSA) is 82.7 Å². The van der Waals surface area contributed by atoms with Crippen LogP contribution in [0.5, 0.6) is 0 Å². The molecule has 6 nitrogen and oxygen atoms in total. The molecule has 22 heavy (non-hydrogen) atoms. The van der Waals surface area contributed by atoms with Gasteiger partial charge in [-0.15, -0.1) is 11.3 Å². The van der Waals surface area contributed by atoms with Crippen LogP contribution in [0, 0.1) is 0 Å². The van der Waals surface area contributed by atoms with Crippen LogP contribution >= 0.6 is 11.3 Å². The Bertz CT molecular complexity index is 668. The van der Waals surface area contributed by atoms with E-state index >= 15 is 0 Å². The van der Waals surface area contributed by atoms with Crippen molar-refractivity contribution < 1.29 is 4.79 Å². The molecular weight excluding hydrogens is 298 g/mol. The van der Waals surface area contributed by atoms with Gasteiger partial charge in [-0.3, -0.25) is 4.79 Å². The van der Waals surface area contributed by atoms with Crippen LogP contribution in [-0.4, -0.2) is 27.4 Å². The van der Waals surface area contributed by atoms with Crippen molar-refractivity contribution in [2.24, 2.45) is 0 Å². The van der Waals surface area contributed by atoms with Crippen LogP contribution in [0.15, 0.2) is 6.33 Å². The summed E-state index contributed by atoms with van der Waals surface area (Å²) in [6.07, 6.45) is 7.26. The maximum Gasteiger partial charge on any atom is 0.243 e. The van der Waals surface area contributed by atoms with Gasteiger partial charge in [0.05, 0.1) is 24.3 Å². The van der Waals surface area contributed by atoms with Gasteiger partial charge in [-0.2, -0.15) is 0 Å². The lowest BCUT2D eigenvalue weighted by atomic mass is 10.0. The summed E-state index contributed by atoms with van der Waals surface area (Å²) in [5.41, 5.74) is 3.12. The highest BCUT2D eigenvalue weighted by Crippen LogP contribution is 2.26. The Morgan fingerprint density at radius 2 is 2.27 bits per heavy atom. The minimum atomic E-state index is -0.357. The Balaban J connectivity index is 1.42. The van der Waals surface area contributed by atoms with E-state index in [1.165, 1.54) is 23.4 Å². The van der Waals surface area contributed by atoms with Crippen LogP contribution in [0.2, 0.25) is 0 Å². The number of hydrogen-bond donors (Lipinski definition) is 3. The fourth-order valence-electron chi connectivity index (χ4n) is 3.18. The molecule has 116 valence electrons. The van der Waals surface area contributed by atoms with Crippen molar-refractivity contribution in [3.63, 3.8) is 0 Å². The third kappa shape index (κ3) is 2.55. The summed E-state index contributed by atoms with van der Waals surface area (Å²) in [5, 5.41) is 7.25. The van der Waals surface area contributed by atoms with Crippen molar-refractivity contribution in [2.75, 3.05) is 6.54 Å². The standard InChI is InChI=1S/C15H19N5OS/c21-15(14-13-10(5-6-16-14)18-8-19-13)17-7-12-20-9-3-1-2-4-11(9)22-12/h8,14,16H,1-7H2,(H,17,21)(H,18,19)/t14-/m1/s1. The van der Waals surface area contributed by atoms with E-state index in [1.807, 2.05) is 0 Å². The molecule has 0 saturated heterocycles. The average Bonchev–Trinajstić information content (AvgIpc) is 3.18. The highest BCUT2D eigenvalue weighted by atomic mass is 32.1. The normalized spacial score (nSPS) is 20.3. The molecular formula is C15H19N5OS. The molecule has 0 bridgehead atoms. The second kappa shape index (κ2) is 5.81. The number of aryl methyl sites for hydroxylation is 2. The molecule has 1 amide bonds. The monoisotopic (exact) mass is 317 g/mol. The zero-order valence-electron chi connectivity index (χ0n) is 12.3. The van der Waals surface area contributed by atoms with Crippen molar-refractivity contribution in [1.82, 2.24) is 25.6 Å². The number of amides is 1. The molecule has 1 aliphatic carbocycles. The number of carbonyl (C=O) groups is 1. The second-order valence-corrected chi connectivity index (χ2v) is 6.97. The molecule has 7 heteroatoms. The van der Waals surface area contributed by atoms with Crippen molar-refractivity contribution in [2.45, 2.75) is 44.7 Å². The van der Waals surface area contributed by atoms with Crippen LogP contribution in [0.25, 0.3) is 0 Å². The Kier molecular flexibility index (Phi) is 3.67. The van der Waals surface area contributed by atoms with E-state index in [9.17, 15) is 4.79 Å². The summed E-state index contributed by atoms with van der Waals surface area (Å²) < 4.78 is 0. The van der Waals surface area contributed by atoms with Crippen LogP contribution in [-0.2, 0) is 30.6 Å². The van der Waals surface area contributed by atoms with E-state index in [0.717, 1.165) is 42.2 Å². The number of nitrogens with zero attached hydrogens (tertiary/aromatic N) is 2. The fraction of sp³-hybridized carbons (Fsp3) is 0.533. The van der Waals surface area contributed by atoms with Gasteiger partial charge in [0, 0.05) is 23.5 Å². The van der Waals surface area contributed by atoms with Gasteiger partial charge in [-0.25, -0.2) is 9.97 Å². The number of aromatic nitrogens is 3. The molecule has 0 unspecified atom stereocenters. The first-order chi connectivity index (χ1) is 10.8. The average molecular weight is 317 g/mol. The van der Waals surface area contributed by atoms with Crippen molar-refractivity contribution in [3.05, 3.63) is 33.3 Å². The second-order valence-electron chi connectivity index (χ2n) is 5.81. The zero-order chi connectivity index (χ0) is 14.9. The van der Waals surface area contributed by atoms with Crippen molar-refractivity contribution >= 4 is 17.2 Å². The molecule has 2 aromatic heterocycles. The molecule has 0 radical (unpaired) electrons. The molecule has 3 N–H and O–H groups in total. The Morgan fingerprint density at radius 3 is 3.18 bits per heavy atom. The molecule has 0 saturated carbocycles. The third-order valence-corrected chi connectivity index (χ3v) is 5.47. The number of carbonyl (C=O) groups excluding carboxylic acids is 1. The number of fused-ring (bicyclic) bond motifs is 2. The van der Waals surface area contributed by atoms with Gasteiger partial charge in [0.2, 0.25) is 5.91 Å². The molecule has 1 aliphatic heterocycles. The maximum atomic E-state index is 12.4. The van der Waals surface area contributed by atoms with Gasteiger partial charge in [0.1, 0.15) is 11.0 Å². The molecule has 4 rings (SSSR count). The number of thiazole rings is 1. The van der Waals surface area contributed by atoms with E-state index in [1.54, 1.807) is 17.7 Å². The first-order valence-corrected chi connectivity index (χ1v) is 8.63. The molecule has 0 spiro atoms. The van der Waals surface area contributed by atoms with E-state index in [2.05, 4.69) is 25.6 Å². The quantitative estimate of drug-likeness (QED) is 0.795. The lowest BCUT2D eigenvalue weighted by Crippen LogP contribution is -2.41. The van der Waals surface area contributed by atoms with Gasteiger partial charge in [-0.1, -0.05) is 0 Å². The minimum Gasteiger partial charge on any atom is -0.348 e. The van der Waals surface area contributed by atoms with Crippen molar-refractivity contribution in [3.8, 4) is 0 Å². The SMILES string of the molecule is O=C(NCc1nc2c(s1)CCCC2)[C@@H]1NCCc2[nH]cnc21. The van der Waals surface area contributed by atoms with E-state index < -0.39 is 0 Å². The van der Waals surface area contributed by atoms with Gasteiger partial charge >= 0.3 is 0 Å². The van der Waals surface area contributed by atoms with Gasteiger partial charge < -0.3 is 15.6 Å².